The average Bonchev–Trinajstić information content (AvgIpc) is 2.90. The Morgan fingerprint density at radius 3 is 2.48 bits per heavy atom. The third-order valence-electron chi connectivity index (χ3n) is 3.81. The Balaban J connectivity index is 1.70. The van der Waals surface area contributed by atoms with Gasteiger partial charge in [-0.1, -0.05) is 50.1 Å². The minimum absolute atomic E-state index is 0.289. The van der Waals surface area contributed by atoms with E-state index in [0.29, 0.717) is 11.3 Å². The van der Waals surface area contributed by atoms with Gasteiger partial charge in [-0.25, -0.2) is 4.79 Å². The maximum Gasteiger partial charge on any atom is 0.344 e. The first-order valence-electron chi connectivity index (χ1n) is 8.04. The molecule has 2 aromatic rings. The molecular weight excluding hydrogens is 288 g/mol. The fourth-order valence-corrected chi connectivity index (χ4v) is 2.55. The van der Waals surface area contributed by atoms with Crippen molar-refractivity contribution in [2.24, 2.45) is 0 Å². The molecule has 0 saturated carbocycles. The van der Waals surface area contributed by atoms with E-state index < -0.39 is 0 Å². The minimum Gasteiger partial charge on any atom is -0.494 e. The molecule has 0 radical (unpaired) electrons. The van der Waals surface area contributed by atoms with Gasteiger partial charge in [0.2, 0.25) is 0 Å². The van der Waals surface area contributed by atoms with Crippen molar-refractivity contribution in [3.05, 3.63) is 65.2 Å². The van der Waals surface area contributed by atoms with Crippen LogP contribution in [-0.2, 0) is 4.74 Å². The summed E-state index contributed by atoms with van der Waals surface area (Å²) in [5.74, 6) is 1.18. The van der Waals surface area contributed by atoms with E-state index in [0.717, 1.165) is 29.9 Å². The Morgan fingerprint density at radius 1 is 1.00 bits per heavy atom. The van der Waals surface area contributed by atoms with Crippen molar-refractivity contribution in [2.75, 3.05) is 6.61 Å². The summed E-state index contributed by atoms with van der Waals surface area (Å²) < 4.78 is 11.0. The molecule has 1 heterocycles. The van der Waals surface area contributed by atoms with Gasteiger partial charge in [0.1, 0.15) is 11.5 Å². The van der Waals surface area contributed by atoms with Gasteiger partial charge in [0, 0.05) is 5.56 Å². The zero-order chi connectivity index (χ0) is 16.1. The van der Waals surface area contributed by atoms with Crippen molar-refractivity contribution < 1.29 is 14.3 Å². The monoisotopic (exact) mass is 308 g/mol. The number of benzene rings is 2. The molecule has 0 saturated heterocycles. The number of hydrogen-bond donors (Lipinski definition) is 0. The van der Waals surface area contributed by atoms with Crippen LogP contribution >= 0.6 is 0 Å². The van der Waals surface area contributed by atoms with Gasteiger partial charge in [-0.3, -0.25) is 0 Å². The van der Waals surface area contributed by atoms with Gasteiger partial charge in [0.25, 0.3) is 0 Å². The lowest BCUT2D eigenvalue weighted by atomic mass is 10.1. The molecule has 0 aromatic heterocycles. The van der Waals surface area contributed by atoms with E-state index in [1.165, 1.54) is 12.8 Å². The molecule has 1 aliphatic heterocycles. The molecule has 3 rings (SSSR count). The summed E-state index contributed by atoms with van der Waals surface area (Å²) in [7, 11) is 0. The zero-order valence-corrected chi connectivity index (χ0v) is 13.2. The number of rotatable bonds is 6. The summed E-state index contributed by atoms with van der Waals surface area (Å²) >= 11 is 0. The standard InChI is InChI=1S/C20H20O3/c1-2-3-6-13-22-16-11-9-15(10-12-16)14-19-17-7-4-5-8-18(17)20(21)23-19/h4-5,7-12,14H,2-3,6,13H2,1H3/b19-14-. The van der Waals surface area contributed by atoms with Crippen LogP contribution in [-0.4, -0.2) is 12.6 Å². The Kier molecular flexibility index (Phi) is 4.77. The van der Waals surface area contributed by atoms with E-state index >= 15 is 0 Å². The number of cyclic esters (lactones) is 1. The van der Waals surface area contributed by atoms with E-state index in [-0.39, 0.29) is 5.97 Å². The molecule has 0 unspecified atom stereocenters. The van der Waals surface area contributed by atoms with E-state index in [4.69, 9.17) is 9.47 Å². The molecule has 0 bridgehead atoms. The maximum absolute atomic E-state index is 11.8. The highest BCUT2D eigenvalue weighted by Gasteiger charge is 2.25. The van der Waals surface area contributed by atoms with Gasteiger partial charge in [-0.2, -0.15) is 0 Å². The van der Waals surface area contributed by atoms with Gasteiger partial charge in [0.05, 0.1) is 12.2 Å². The van der Waals surface area contributed by atoms with Crippen LogP contribution in [0.15, 0.2) is 48.5 Å². The normalized spacial score (nSPS) is 14.7. The first-order chi connectivity index (χ1) is 11.3. The van der Waals surface area contributed by atoms with E-state index in [1.807, 2.05) is 48.5 Å². The van der Waals surface area contributed by atoms with Crippen molar-refractivity contribution in [1.82, 2.24) is 0 Å². The molecule has 23 heavy (non-hydrogen) atoms. The number of esters is 1. The van der Waals surface area contributed by atoms with E-state index in [2.05, 4.69) is 6.92 Å². The van der Waals surface area contributed by atoms with Crippen LogP contribution in [0.4, 0.5) is 0 Å². The van der Waals surface area contributed by atoms with Crippen molar-refractivity contribution in [1.29, 1.82) is 0 Å². The van der Waals surface area contributed by atoms with Crippen molar-refractivity contribution in [2.45, 2.75) is 26.2 Å². The number of fused-ring (bicyclic) bond motifs is 1. The van der Waals surface area contributed by atoms with Gasteiger partial charge >= 0.3 is 5.97 Å². The van der Waals surface area contributed by atoms with E-state index in [9.17, 15) is 4.79 Å². The predicted molar refractivity (Wildman–Crippen MR) is 91.2 cm³/mol. The molecule has 0 spiro atoms. The highest BCUT2D eigenvalue weighted by atomic mass is 16.5. The minimum atomic E-state index is -0.289. The summed E-state index contributed by atoms with van der Waals surface area (Å²) in [5.41, 5.74) is 2.44. The first-order valence-corrected chi connectivity index (χ1v) is 8.04. The van der Waals surface area contributed by atoms with Gasteiger partial charge in [-0.05, 0) is 36.3 Å². The molecule has 3 nitrogen and oxygen atoms in total. The quantitative estimate of drug-likeness (QED) is 0.561. The summed E-state index contributed by atoms with van der Waals surface area (Å²) in [4.78, 5) is 11.8. The molecule has 3 heteroatoms. The van der Waals surface area contributed by atoms with Crippen molar-refractivity contribution >= 4 is 17.8 Å². The summed E-state index contributed by atoms with van der Waals surface area (Å²) in [6.07, 6.45) is 5.34. The number of hydrogen-bond acceptors (Lipinski definition) is 3. The van der Waals surface area contributed by atoms with Gasteiger partial charge in [0.15, 0.2) is 0 Å². The topological polar surface area (TPSA) is 35.5 Å². The molecule has 1 aliphatic rings. The van der Waals surface area contributed by atoms with Gasteiger partial charge < -0.3 is 9.47 Å². The summed E-state index contributed by atoms with van der Waals surface area (Å²) in [6, 6.07) is 15.3. The Labute approximate surface area is 136 Å². The Hall–Kier alpha value is -2.55. The molecule has 0 aliphatic carbocycles. The van der Waals surface area contributed by atoms with Crippen LogP contribution in [0, 0.1) is 0 Å². The van der Waals surface area contributed by atoms with Crippen LogP contribution in [0.2, 0.25) is 0 Å². The smallest absolute Gasteiger partial charge is 0.344 e. The molecular formula is C20H20O3. The van der Waals surface area contributed by atoms with Crippen molar-refractivity contribution in [3.8, 4) is 5.75 Å². The first kappa shape index (κ1) is 15.3. The number of carbonyl (C=O) groups is 1. The lowest BCUT2D eigenvalue weighted by molar-refractivity contribution is 0.0717. The van der Waals surface area contributed by atoms with Crippen LogP contribution < -0.4 is 4.74 Å². The fraction of sp³-hybridized carbons (Fsp3) is 0.250. The second-order valence-corrected chi connectivity index (χ2v) is 5.57. The number of carbonyl (C=O) groups excluding carboxylic acids is 1. The zero-order valence-electron chi connectivity index (χ0n) is 13.2. The lowest BCUT2D eigenvalue weighted by Crippen LogP contribution is -1.96. The molecule has 2 aromatic carbocycles. The van der Waals surface area contributed by atoms with Crippen LogP contribution in [0.25, 0.3) is 11.8 Å². The average molecular weight is 308 g/mol. The summed E-state index contributed by atoms with van der Waals surface area (Å²) in [5, 5.41) is 0. The predicted octanol–water partition coefficient (Wildman–Crippen LogP) is 4.92. The third kappa shape index (κ3) is 3.62. The van der Waals surface area contributed by atoms with Gasteiger partial charge in [-0.15, -0.1) is 0 Å². The summed E-state index contributed by atoms with van der Waals surface area (Å²) in [6.45, 7) is 2.93. The molecule has 0 amide bonds. The number of unbranched alkanes of at least 4 members (excludes halogenated alkanes) is 2. The van der Waals surface area contributed by atoms with E-state index in [1.54, 1.807) is 6.07 Å². The van der Waals surface area contributed by atoms with Crippen LogP contribution in [0.1, 0.15) is 47.7 Å². The second kappa shape index (κ2) is 7.14. The SMILES string of the molecule is CCCCCOc1ccc(/C=C2\OC(=O)c3ccccc32)cc1. The lowest BCUT2D eigenvalue weighted by Gasteiger charge is -2.06. The molecule has 0 N–H and O–H groups in total. The highest BCUT2D eigenvalue weighted by molar-refractivity contribution is 6.05. The maximum atomic E-state index is 11.8. The molecule has 0 atom stereocenters. The van der Waals surface area contributed by atoms with Crippen LogP contribution in [0.3, 0.4) is 0 Å². The number of ether oxygens (including phenoxy) is 2. The largest absolute Gasteiger partial charge is 0.494 e. The second-order valence-electron chi connectivity index (χ2n) is 5.57. The molecule has 118 valence electrons. The Bertz CT molecular complexity index is 714. The molecule has 0 fully saturated rings. The Morgan fingerprint density at radius 2 is 1.74 bits per heavy atom. The van der Waals surface area contributed by atoms with Crippen LogP contribution in [0.5, 0.6) is 5.75 Å². The third-order valence-corrected chi connectivity index (χ3v) is 3.81. The highest BCUT2D eigenvalue weighted by Crippen LogP contribution is 2.31. The fourth-order valence-electron chi connectivity index (χ4n) is 2.55. The van der Waals surface area contributed by atoms with Crippen molar-refractivity contribution in [3.63, 3.8) is 0 Å².